The Hall–Kier alpha value is -1.98. The molecule has 0 amide bonds. The quantitative estimate of drug-likeness (QED) is 0.821. The zero-order valence-corrected chi connectivity index (χ0v) is 8.87. The fourth-order valence-corrected chi connectivity index (χ4v) is 1.34. The molecule has 0 radical (unpaired) electrons. The van der Waals surface area contributed by atoms with Crippen molar-refractivity contribution in [1.82, 2.24) is 19.9 Å². The number of anilines is 1. The van der Waals surface area contributed by atoms with Crippen molar-refractivity contribution in [2.45, 2.75) is 19.9 Å². The van der Waals surface area contributed by atoms with E-state index in [4.69, 9.17) is 0 Å². The highest BCUT2D eigenvalue weighted by Gasteiger charge is 2.09. The lowest BCUT2D eigenvalue weighted by atomic mass is 10.3. The van der Waals surface area contributed by atoms with Gasteiger partial charge in [0.2, 0.25) is 0 Å². The smallest absolute Gasteiger partial charge is 0.186 e. The van der Waals surface area contributed by atoms with E-state index in [-0.39, 0.29) is 5.82 Å². The van der Waals surface area contributed by atoms with Crippen LogP contribution in [0, 0.1) is 5.82 Å². The van der Waals surface area contributed by atoms with Gasteiger partial charge in [-0.3, -0.25) is 0 Å². The van der Waals surface area contributed by atoms with Gasteiger partial charge in [-0.05, 0) is 6.42 Å². The first-order valence-electron chi connectivity index (χ1n) is 5.02. The van der Waals surface area contributed by atoms with E-state index in [1.54, 1.807) is 12.4 Å². The summed E-state index contributed by atoms with van der Waals surface area (Å²) in [6, 6.07) is 0. The molecule has 0 bridgehead atoms. The molecule has 2 aromatic heterocycles. The topological polar surface area (TPSA) is 66.5 Å². The minimum Gasteiger partial charge on any atom is -0.360 e. The van der Waals surface area contributed by atoms with Crippen molar-refractivity contribution in [3.63, 3.8) is 0 Å². The lowest BCUT2D eigenvalue weighted by Gasteiger charge is -2.06. The van der Waals surface area contributed by atoms with Crippen LogP contribution in [-0.2, 0) is 13.0 Å². The van der Waals surface area contributed by atoms with Crippen molar-refractivity contribution in [2.75, 3.05) is 5.32 Å². The average Bonchev–Trinajstić information content (AvgIpc) is 2.81. The highest BCUT2D eigenvalue weighted by atomic mass is 19.1. The molecule has 5 nitrogen and oxygen atoms in total. The zero-order valence-electron chi connectivity index (χ0n) is 8.87. The summed E-state index contributed by atoms with van der Waals surface area (Å²) in [5.74, 6) is 0.552. The second-order valence-electron chi connectivity index (χ2n) is 3.23. The summed E-state index contributed by atoms with van der Waals surface area (Å²) in [5, 5.41) is 2.87. The van der Waals surface area contributed by atoms with E-state index < -0.39 is 5.82 Å². The van der Waals surface area contributed by atoms with Gasteiger partial charge in [0.25, 0.3) is 0 Å². The molecular weight excluding hydrogens is 209 g/mol. The summed E-state index contributed by atoms with van der Waals surface area (Å²) >= 11 is 0. The summed E-state index contributed by atoms with van der Waals surface area (Å²) < 4.78 is 13.7. The highest BCUT2D eigenvalue weighted by Crippen LogP contribution is 2.13. The Bertz CT molecular complexity index is 454. The second kappa shape index (κ2) is 4.69. The number of halogens is 1. The number of aromatic nitrogens is 4. The largest absolute Gasteiger partial charge is 0.360 e. The van der Waals surface area contributed by atoms with Crippen LogP contribution in [0.15, 0.2) is 18.7 Å². The molecule has 2 aromatic rings. The molecule has 0 aliphatic rings. The van der Waals surface area contributed by atoms with Gasteiger partial charge >= 0.3 is 0 Å². The van der Waals surface area contributed by atoms with Crippen molar-refractivity contribution in [3.05, 3.63) is 36.1 Å². The van der Waals surface area contributed by atoms with E-state index in [9.17, 15) is 4.39 Å². The van der Waals surface area contributed by atoms with E-state index in [2.05, 4.69) is 25.3 Å². The number of nitrogens with one attached hydrogen (secondary N) is 2. The third-order valence-corrected chi connectivity index (χ3v) is 2.17. The summed E-state index contributed by atoms with van der Waals surface area (Å²) in [5.41, 5.74) is 0.414. The fourth-order valence-electron chi connectivity index (χ4n) is 1.34. The van der Waals surface area contributed by atoms with Crippen LogP contribution in [0.2, 0.25) is 0 Å². The first-order valence-corrected chi connectivity index (χ1v) is 5.02. The van der Waals surface area contributed by atoms with Gasteiger partial charge in [0.05, 0.1) is 12.2 Å². The monoisotopic (exact) mass is 221 g/mol. The van der Waals surface area contributed by atoms with Crippen LogP contribution in [0.5, 0.6) is 0 Å². The maximum absolute atomic E-state index is 13.7. The molecule has 6 heteroatoms. The molecule has 2 rings (SSSR count). The van der Waals surface area contributed by atoms with Crippen molar-refractivity contribution < 1.29 is 4.39 Å². The molecule has 0 spiro atoms. The van der Waals surface area contributed by atoms with Gasteiger partial charge in [0, 0.05) is 12.4 Å². The van der Waals surface area contributed by atoms with Gasteiger partial charge < -0.3 is 10.3 Å². The van der Waals surface area contributed by atoms with Crippen LogP contribution in [0.1, 0.15) is 18.4 Å². The molecule has 2 N–H and O–H groups in total. The van der Waals surface area contributed by atoms with Gasteiger partial charge in [0.15, 0.2) is 11.6 Å². The molecule has 0 aromatic carbocycles. The van der Waals surface area contributed by atoms with Crippen LogP contribution < -0.4 is 5.32 Å². The van der Waals surface area contributed by atoms with Crippen molar-refractivity contribution in [3.8, 4) is 0 Å². The number of aromatic amines is 1. The summed E-state index contributed by atoms with van der Waals surface area (Å²) in [6.07, 6.45) is 5.26. The Labute approximate surface area is 92.2 Å². The van der Waals surface area contributed by atoms with Gasteiger partial charge in [-0.1, -0.05) is 6.92 Å². The van der Waals surface area contributed by atoms with Crippen LogP contribution in [0.25, 0.3) is 0 Å². The Morgan fingerprint density at radius 1 is 1.38 bits per heavy atom. The minimum atomic E-state index is -0.392. The molecule has 0 aliphatic carbocycles. The molecule has 0 saturated heterocycles. The fraction of sp³-hybridized carbons (Fsp3) is 0.300. The van der Waals surface area contributed by atoms with Crippen LogP contribution >= 0.6 is 0 Å². The molecule has 84 valence electrons. The molecule has 0 saturated carbocycles. The van der Waals surface area contributed by atoms with Gasteiger partial charge in [-0.25, -0.2) is 19.3 Å². The standard InChI is InChI=1S/C10H12FN5/c1-2-7-9(11)10(16-6-15-7)14-5-8-12-3-4-13-8/h3-4,6H,2,5H2,1H3,(H,12,13)(H,14,15,16). The predicted molar refractivity (Wildman–Crippen MR) is 57.3 cm³/mol. The number of rotatable bonds is 4. The number of H-pyrrole nitrogens is 1. The van der Waals surface area contributed by atoms with Crippen molar-refractivity contribution in [1.29, 1.82) is 0 Å². The van der Waals surface area contributed by atoms with Gasteiger partial charge in [-0.15, -0.1) is 0 Å². The highest BCUT2D eigenvalue weighted by molar-refractivity contribution is 5.37. The molecular formula is C10H12FN5. The van der Waals surface area contributed by atoms with E-state index >= 15 is 0 Å². The molecule has 16 heavy (non-hydrogen) atoms. The second-order valence-corrected chi connectivity index (χ2v) is 3.23. The molecule has 0 atom stereocenters. The van der Waals surface area contributed by atoms with Gasteiger partial charge in [0.1, 0.15) is 12.2 Å². The lowest BCUT2D eigenvalue weighted by molar-refractivity contribution is 0.596. The predicted octanol–water partition coefficient (Wildman–Crippen LogP) is 1.51. The first kappa shape index (κ1) is 10.5. The molecule has 0 unspecified atom stereocenters. The summed E-state index contributed by atoms with van der Waals surface area (Å²) in [7, 11) is 0. The number of hydrogen-bond acceptors (Lipinski definition) is 4. The Kier molecular flexibility index (Phi) is 3.09. The van der Waals surface area contributed by atoms with E-state index in [0.29, 0.717) is 18.7 Å². The van der Waals surface area contributed by atoms with Crippen LogP contribution in [0.3, 0.4) is 0 Å². The molecule has 0 fully saturated rings. The van der Waals surface area contributed by atoms with Crippen molar-refractivity contribution in [2.24, 2.45) is 0 Å². The van der Waals surface area contributed by atoms with Crippen LogP contribution in [-0.4, -0.2) is 19.9 Å². The Morgan fingerprint density at radius 3 is 2.94 bits per heavy atom. The third-order valence-electron chi connectivity index (χ3n) is 2.17. The lowest BCUT2D eigenvalue weighted by Crippen LogP contribution is -2.07. The van der Waals surface area contributed by atoms with E-state index in [1.807, 2.05) is 6.92 Å². The Balaban J connectivity index is 2.09. The maximum atomic E-state index is 13.7. The normalized spacial score (nSPS) is 10.4. The summed E-state index contributed by atoms with van der Waals surface area (Å²) in [6.45, 7) is 2.26. The Morgan fingerprint density at radius 2 is 2.25 bits per heavy atom. The first-order chi connectivity index (χ1) is 7.81. The number of imidazole rings is 1. The van der Waals surface area contributed by atoms with Gasteiger partial charge in [-0.2, -0.15) is 0 Å². The average molecular weight is 221 g/mol. The van der Waals surface area contributed by atoms with E-state index in [1.165, 1.54) is 6.33 Å². The van der Waals surface area contributed by atoms with E-state index in [0.717, 1.165) is 5.82 Å². The van der Waals surface area contributed by atoms with Crippen molar-refractivity contribution >= 4 is 5.82 Å². The molecule has 0 aliphatic heterocycles. The molecule has 2 heterocycles. The maximum Gasteiger partial charge on any atom is 0.186 e. The number of aryl methyl sites for hydroxylation is 1. The number of hydrogen-bond donors (Lipinski definition) is 2. The summed E-state index contributed by atoms with van der Waals surface area (Å²) in [4.78, 5) is 14.6. The zero-order chi connectivity index (χ0) is 11.4. The van der Waals surface area contributed by atoms with Crippen LogP contribution in [0.4, 0.5) is 10.2 Å². The minimum absolute atomic E-state index is 0.211. The third kappa shape index (κ3) is 2.16. The number of nitrogens with zero attached hydrogens (tertiary/aromatic N) is 3. The SMILES string of the molecule is CCc1ncnc(NCc2ncc[nH]2)c1F.